The Bertz CT molecular complexity index is 396. The van der Waals surface area contributed by atoms with Gasteiger partial charge in [0.2, 0.25) is 0 Å². The Hall–Kier alpha value is -1.49. The number of nitrogens with zero attached hydrogens (tertiary/aromatic N) is 2. The van der Waals surface area contributed by atoms with Crippen LogP contribution >= 0.6 is 0 Å². The van der Waals surface area contributed by atoms with E-state index in [4.69, 9.17) is 0 Å². The Morgan fingerprint density at radius 2 is 2.06 bits per heavy atom. The summed E-state index contributed by atoms with van der Waals surface area (Å²) in [7, 11) is 0. The molecule has 2 aliphatic heterocycles. The lowest BCUT2D eigenvalue weighted by Gasteiger charge is -2.29. The molecule has 17 heavy (non-hydrogen) atoms. The summed E-state index contributed by atoms with van der Waals surface area (Å²) in [6, 6.07) is 3.18. The molecule has 2 aliphatic rings. The number of hydrogen-bond donors (Lipinski definition) is 2. The SMILES string of the molecule is O=C(NC1CC2CCC(C1)N2)c1ccnnc1. The van der Waals surface area contributed by atoms with E-state index in [0.717, 1.165) is 12.8 Å². The van der Waals surface area contributed by atoms with Gasteiger partial charge >= 0.3 is 0 Å². The molecule has 3 heterocycles. The minimum Gasteiger partial charge on any atom is -0.349 e. The van der Waals surface area contributed by atoms with Crippen molar-refractivity contribution in [3.8, 4) is 0 Å². The maximum atomic E-state index is 11.9. The van der Waals surface area contributed by atoms with E-state index in [-0.39, 0.29) is 5.91 Å². The summed E-state index contributed by atoms with van der Waals surface area (Å²) in [6.07, 6.45) is 7.62. The van der Waals surface area contributed by atoms with Gasteiger partial charge < -0.3 is 10.6 Å². The number of fused-ring (bicyclic) bond motifs is 2. The van der Waals surface area contributed by atoms with Gasteiger partial charge in [-0.2, -0.15) is 10.2 Å². The van der Waals surface area contributed by atoms with Crippen molar-refractivity contribution < 1.29 is 4.79 Å². The van der Waals surface area contributed by atoms with Gasteiger partial charge in [-0.25, -0.2) is 0 Å². The largest absolute Gasteiger partial charge is 0.349 e. The van der Waals surface area contributed by atoms with Crippen LogP contribution in [0.15, 0.2) is 18.5 Å². The van der Waals surface area contributed by atoms with E-state index in [1.165, 1.54) is 19.0 Å². The summed E-state index contributed by atoms with van der Waals surface area (Å²) in [5, 5.41) is 14.0. The normalized spacial score (nSPS) is 31.2. The Labute approximate surface area is 100 Å². The van der Waals surface area contributed by atoms with Gasteiger partial charge in [-0.05, 0) is 31.7 Å². The number of rotatable bonds is 2. The molecule has 2 fully saturated rings. The Morgan fingerprint density at radius 1 is 1.29 bits per heavy atom. The lowest BCUT2D eigenvalue weighted by atomic mass is 9.99. The first-order valence-corrected chi connectivity index (χ1v) is 6.15. The Morgan fingerprint density at radius 3 is 2.71 bits per heavy atom. The molecule has 1 aromatic heterocycles. The summed E-state index contributed by atoms with van der Waals surface area (Å²) in [5.74, 6) is -0.0359. The van der Waals surface area contributed by atoms with Crippen LogP contribution in [-0.4, -0.2) is 34.2 Å². The standard InChI is InChI=1S/C12H16N4O/c17-12(8-3-4-13-14-7-8)16-11-5-9-1-2-10(6-11)15-9/h3-4,7,9-11,15H,1-2,5-6H2,(H,16,17). The molecule has 1 aromatic rings. The average Bonchev–Trinajstić information content (AvgIpc) is 2.70. The molecule has 5 heteroatoms. The van der Waals surface area contributed by atoms with Crippen LogP contribution in [0.5, 0.6) is 0 Å². The Balaban J connectivity index is 1.62. The van der Waals surface area contributed by atoms with E-state index in [1.807, 2.05) is 0 Å². The van der Waals surface area contributed by atoms with Gasteiger partial charge in [0.1, 0.15) is 0 Å². The molecule has 3 rings (SSSR count). The minimum atomic E-state index is -0.0359. The number of carbonyl (C=O) groups is 1. The molecule has 0 radical (unpaired) electrons. The second-order valence-electron chi connectivity index (χ2n) is 4.91. The first-order chi connectivity index (χ1) is 8.31. The molecular formula is C12H16N4O. The van der Waals surface area contributed by atoms with E-state index in [1.54, 1.807) is 12.3 Å². The first kappa shape index (κ1) is 10.7. The molecular weight excluding hydrogens is 216 g/mol. The smallest absolute Gasteiger partial charge is 0.253 e. The molecule has 2 saturated heterocycles. The highest BCUT2D eigenvalue weighted by Crippen LogP contribution is 2.26. The molecule has 2 atom stereocenters. The number of amides is 1. The van der Waals surface area contributed by atoms with Crippen molar-refractivity contribution in [2.24, 2.45) is 0 Å². The minimum absolute atomic E-state index is 0.0359. The number of piperidine rings is 1. The quantitative estimate of drug-likeness (QED) is 0.778. The van der Waals surface area contributed by atoms with Gasteiger partial charge in [-0.3, -0.25) is 4.79 Å². The second-order valence-corrected chi connectivity index (χ2v) is 4.91. The fourth-order valence-corrected chi connectivity index (χ4v) is 2.87. The van der Waals surface area contributed by atoms with Crippen molar-refractivity contribution >= 4 is 5.91 Å². The van der Waals surface area contributed by atoms with E-state index in [2.05, 4.69) is 20.8 Å². The van der Waals surface area contributed by atoms with Gasteiger partial charge in [0.15, 0.2) is 0 Å². The van der Waals surface area contributed by atoms with Crippen molar-refractivity contribution in [3.63, 3.8) is 0 Å². The van der Waals surface area contributed by atoms with Crippen LogP contribution in [0.1, 0.15) is 36.0 Å². The number of hydrogen-bond acceptors (Lipinski definition) is 4. The fourth-order valence-electron chi connectivity index (χ4n) is 2.87. The van der Waals surface area contributed by atoms with E-state index >= 15 is 0 Å². The predicted molar refractivity (Wildman–Crippen MR) is 62.5 cm³/mol. The lowest BCUT2D eigenvalue weighted by molar-refractivity contribution is 0.0923. The summed E-state index contributed by atoms with van der Waals surface area (Å²) in [6.45, 7) is 0. The topological polar surface area (TPSA) is 66.9 Å². The van der Waals surface area contributed by atoms with Crippen LogP contribution in [0.25, 0.3) is 0 Å². The van der Waals surface area contributed by atoms with Crippen LogP contribution in [0, 0.1) is 0 Å². The molecule has 0 saturated carbocycles. The third kappa shape index (κ3) is 2.29. The zero-order valence-electron chi connectivity index (χ0n) is 9.60. The van der Waals surface area contributed by atoms with Crippen LogP contribution in [0.2, 0.25) is 0 Å². The molecule has 0 aromatic carbocycles. The highest BCUT2D eigenvalue weighted by Gasteiger charge is 2.34. The van der Waals surface area contributed by atoms with Crippen molar-refractivity contribution in [2.45, 2.75) is 43.8 Å². The van der Waals surface area contributed by atoms with Gasteiger partial charge in [0, 0.05) is 18.1 Å². The first-order valence-electron chi connectivity index (χ1n) is 6.15. The van der Waals surface area contributed by atoms with Gasteiger partial charge in [-0.1, -0.05) is 0 Å². The zero-order chi connectivity index (χ0) is 11.7. The summed E-state index contributed by atoms with van der Waals surface area (Å²) < 4.78 is 0. The lowest BCUT2D eigenvalue weighted by Crippen LogP contribution is -2.48. The van der Waals surface area contributed by atoms with Gasteiger partial charge in [0.05, 0.1) is 18.0 Å². The van der Waals surface area contributed by atoms with Gasteiger partial charge in [-0.15, -0.1) is 0 Å². The van der Waals surface area contributed by atoms with Crippen LogP contribution in [0.4, 0.5) is 0 Å². The summed E-state index contributed by atoms with van der Waals surface area (Å²) in [5.41, 5.74) is 0.589. The molecule has 2 bridgehead atoms. The predicted octanol–water partition coefficient (Wildman–Crippen LogP) is 0.489. The van der Waals surface area contributed by atoms with Gasteiger partial charge in [0.25, 0.3) is 5.91 Å². The molecule has 2 N–H and O–H groups in total. The third-order valence-corrected chi connectivity index (χ3v) is 3.65. The molecule has 90 valence electrons. The van der Waals surface area contributed by atoms with Crippen molar-refractivity contribution in [1.82, 2.24) is 20.8 Å². The summed E-state index contributed by atoms with van der Waals surface area (Å²) >= 11 is 0. The molecule has 0 aliphatic carbocycles. The van der Waals surface area contributed by atoms with Crippen molar-refractivity contribution in [1.29, 1.82) is 0 Å². The van der Waals surface area contributed by atoms with Crippen molar-refractivity contribution in [2.75, 3.05) is 0 Å². The van der Waals surface area contributed by atoms with E-state index in [0.29, 0.717) is 23.7 Å². The number of nitrogens with one attached hydrogen (secondary N) is 2. The van der Waals surface area contributed by atoms with Crippen LogP contribution in [0.3, 0.4) is 0 Å². The average molecular weight is 232 g/mol. The van der Waals surface area contributed by atoms with Crippen LogP contribution < -0.4 is 10.6 Å². The maximum absolute atomic E-state index is 11.9. The maximum Gasteiger partial charge on any atom is 0.253 e. The van der Waals surface area contributed by atoms with E-state index < -0.39 is 0 Å². The molecule has 5 nitrogen and oxygen atoms in total. The molecule has 2 unspecified atom stereocenters. The summed E-state index contributed by atoms with van der Waals surface area (Å²) in [4.78, 5) is 11.9. The monoisotopic (exact) mass is 232 g/mol. The highest BCUT2D eigenvalue weighted by molar-refractivity contribution is 5.93. The zero-order valence-corrected chi connectivity index (χ0v) is 9.60. The molecule has 0 spiro atoms. The highest BCUT2D eigenvalue weighted by atomic mass is 16.1. The second kappa shape index (κ2) is 4.41. The number of aromatic nitrogens is 2. The Kier molecular flexibility index (Phi) is 2.76. The van der Waals surface area contributed by atoms with Crippen LogP contribution in [-0.2, 0) is 0 Å². The molecule has 1 amide bonds. The number of carbonyl (C=O) groups excluding carboxylic acids is 1. The third-order valence-electron chi connectivity index (χ3n) is 3.65. The fraction of sp³-hybridized carbons (Fsp3) is 0.583. The van der Waals surface area contributed by atoms with Crippen molar-refractivity contribution in [3.05, 3.63) is 24.0 Å². The van der Waals surface area contributed by atoms with E-state index in [9.17, 15) is 4.79 Å².